The molecule has 0 spiro atoms. The van der Waals surface area contributed by atoms with E-state index in [0.717, 1.165) is 49.6 Å². The molecule has 2 aromatic rings. The van der Waals surface area contributed by atoms with Gasteiger partial charge in [-0.25, -0.2) is 4.98 Å². The maximum Gasteiger partial charge on any atom is 0.229 e. The van der Waals surface area contributed by atoms with Crippen LogP contribution >= 0.6 is 0 Å². The number of fused-ring (bicyclic) bond motifs is 1. The number of likely N-dealkylation sites (N-methyl/N-ethyl adjacent to an activating group) is 1. The summed E-state index contributed by atoms with van der Waals surface area (Å²) >= 11 is 0. The summed E-state index contributed by atoms with van der Waals surface area (Å²) in [5, 5.41) is 15.9. The van der Waals surface area contributed by atoms with Crippen LogP contribution in [0.25, 0.3) is 0 Å². The highest BCUT2D eigenvalue weighted by atomic mass is 15.2. The third kappa shape index (κ3) is 3.87. The van der Waals surface area contributed by atoms with Gasteiger partial charge in [0, 0.05) is 36.1 Å². The van der Waals surface area contributed by atoms with E-state index in [1.165, 1.54) is 24.8 Å². The van der Waals surface area contributed by atoms with Gasteiger partial charge in [-0.05, 0) is 63.8 Å². The van der Waals surface area contributed by atoms with Crippen LogP contribution in [-0.2, 0) is 12.8 Å². The summed E-state index contributed by atoms with van der Waals surface area (Å²) < 4.78 is 0. The van der Waals surface area contributed by atoms with Crippen LogP contribution in [0.5, 0.6) is 0 Å². The Balaban J connectivity index is 1.69. The zero-order valence-corrected chi connectivity index (χ0v) is 16.3. The summed E-state index contributed by atoms with van der Waals surface area (Å²) in [5.74, 6) is 1.65. The van der Waals surface area contributed by atoms with Crippen molar-refractivity contribution in [1.29, 1.82) is 5.26 Å². The first-order valence-electron chi connectivity index (χ1n) is 10.1. The third-order valence-corrected chi connectivity index (χ3v) is 5.63. The monoisotopic (exact) mass is 377 g/mol. The average molecular weight is 377 g/mol. The molecule has 1 fully saturated rings. The molecule has 1 atom stereocenters. The molecule has 0 amide bonds. The second-order valence-electron chi connectivity index (χ2n) is 7.66. The van der Waals surface area contributed by atoms with Gasteiger partial charge in [0.1, 0.15) is 5.82 Å². The number of aryl methyl sites for hydroxylation is 1. The van der Waals surface area contributed by atoms with Gasteiger partial charge in [-0.15, -0.1) is 0 Å². The Morgan fingerprint density at radius 3 is 2.86 bits per heavy atom. The van der Waals surface area contributed by atoms with Gasteiger partial charge in [0.25, 0.3) is 0 Å². The molecular weight excluding hydrogens is 350 g/mol. The molecule has 4 rings (SSSR count). The zero-order valence-electron chi connectivity index (χ0n) is 16.3. The van der Waals surface area contributed by atoms with E-state index in [9.17, 15) is 5.26 Å². The highest BCUT2D eigenvalue weighted by Crippen LogP contribution is 2.31. The van der Waals surface area contributed by atoms with Crippen molar-refractivity contribution < 1.29 is 0 Å². The van der Waals surface area contributed by atoms with Crippen molar-refractivity contribution in [3.8, 4) is 6.07 Å². The lowest BCUT2D eigenvalue weighted by atomic mass is 9.95. The van der Waals surface area contributed by atoms with E-state index in [2.05, 4.69) is 21.6 Å². The van der Waals surface area contributed by atoms with E-state index in [0.29, 0.717) is 23.2 Å². The number of benzene rings is 1. The topological polar surface area (TPSA) is 103 Å². The van der Waals surface area contributed by atoms with E-state index >= 15 is 0 Å². The van der Waals surface area contributed by atoms with Crippen LogP contribution in [0.4, 0.5) is 23.1 Å². The largest absolute Gasteiger partial charge is 0.399 e. The van der Waals surface area contributed by atoms with Crippen molar-refractivity contribution in [2.24, 2.45) is 0 Å². The van der Waals surface area contributed by atoms with Crippen LogP contribution < -0.4 is 21.3 Å². The minimum absolute atomic E-state index is 0.492. The molecule has 1 aromatic heterocycles. The Morgan fingerprint density at radius 2 is 2.04 bits per heavy atom. The SMILES string of the molecule is CNC1CCCN(c2nc(Nc3cc(N)cc(C#N)c3)nc3c2CCCC3)C1. The van der Waals surface area contributed by atoms with E-state index in [4.69, 9.17) is 15.7 Å². The molecule has 7 heteroatoms. The van der Waals surface area contributed by atoms with E-state index < -0.39 is 0 Å². The lowest BCUT2D eigenvalue weighted by Gasteiger charge is -2.35. The number of hydrogen-bond donors (Lipinski definition) is 3. The molecule has 1 aliphatic carbocycles. The number of nitrogen functional groups attached to an aromatic ring is 1. The predicted octanol–water partition coefficient (Wildman–Crippen LogP) is 2.74. The summed E-state index contributed by atoms with van der Waals surface area (Å²) in [5.41, 5.74) is 10.2. The number of hydrogen-bond acceptors (Lipinski definition) is 7. The maximum atomic E-state index is 9.20. The van der Waals surface area contributed by atoms with Gasteiger partial charge in [0.2, 0.25) is 5.95 Å². The molecule has 146 valence electrons. The van der Waals surface area contributed by atoms with Gasteiger partial charge in [-0.3, -0.25) is 0 Å². The molecular formula is C21H27N7. The van der Waals surface area contributed by atoms with E-state index in [-0.39, 0.29) is 0 Å². The van der Waals surface area contributed by atoms with Gasteiger partial charge < -0.3 is 21.3 Å². The molecule has 0 radical (unpaired) electrons. The minimum Gasteiger partial charge on any atom is -0.399 e. The van der Waals surface area contributed by atoms with Crippen molar-refractivity contribution >= 4 is 23.1 Å². The smallest absolute Gasteiger partial charge is 0.229 e. The summed E-state index contributed by atoms with van der Waals surface area (Å²) in [6, 6.07) is 7.88. The van der Waals surface area contributed by atoms with Crippen LogP contribution in [0.2, 0.25) is 0 Å². The Hall–Kier alpha value is -2.85. The molecule has 0 bridgehead atoms. The fourth-order valence-electron chi connectivity index (χ4n) is 4.21. The lowest BCUT2D eigenvalue weighted by Crippen LogP contribution is -2.45. The summed E-state index contributed by atoms with van der Waals surface area (Å²) in [7, 11) is 2.03. The number of nitrogens with zero attached hydrogens (tertiary/aromatic N) is 4. The summed E-state index contributed by atoms with van der Waals surface area (Å²) in [6.07, 6.45) is 6.75. The summed E-state index contributed by atoms with van der Waals surface area (Å²) in [4.78, 5) is 12.1. The first-order valence-corrected chi connectivity index (χ1v) is 10.1. The molecule has 7 nitrogen and oxygen atoms in total. The van der Waals surface area contributed by atoms with Gasteiger partial charge in [-0.2, -0.15) is 10.2 Å². The van der Waals surface area contributed by atoms with Crippen molar-refractivity contribution in [1.82, 2.24) is 15.3 Å². The number of nitrogens with two attached hydrogens (primary N) is 1. The fraction of sp³-hybridized carbons (Fsp3) is 0.476. The van der Waals surface area contributed by atoms with Crippen LogP contribution in [0.1, 0.15) is 42.5 Å². The second kappa shape index (κ2) is 8.03. The molecule has 2 aliphatic rings. The van der Waals surface area contributed by atoms with Gasteiger partial charge in [-0.1, -0.05) is 0 Å². The predicted molar refractivity (Wildman–Crippen MR) is 112 cm³/mol. The Kier molecular flexibility index (Phi) is 5.31. The number of rotatable bonds is 4. The van der Waals surface area contributed by atoms with Gasteiger partial charge in [0.05, 0.1) is 17.3 Å². The van der Waals surface area contributed by atoms with Crippen molar-refractivity contribution in [3.05, 3.63) is 35.0 Å². The van der Waals surface area contributed by atoms with Crippen LogP contribution in [0.15, 0.2) is 18.2 Å². The fourth-order valence-corrected chi connectivity index (χ4v) is 4.21. The highest BCUT2D eigenvalue weighted by molar-refractivity contribution is 5.65. The number of nitrogens with one attached hydrogen (secondary N) is 2. The molecule has 4 N–H and O–H groups in total. The normalized spacial score (nSPS) is 19.0. The maximum absolute atomic E-state index is 9.20. The quantitative estimate of drug-likeness (QED) is 0.704. The molecule has 1 saturated heterocycles. The zero-order chi connectivity index (χ0) is 19.5. The van der Waals surface area contributed by atoms with E-state index in [1.807, 2.05) is 7.05 Å². The van der Waals surface area contributed by atoms with Crippen molar-refractivity contribution in [2.45, 2.75) is 44.6 Å². The van der Waals surface area contributed by atoms with Crippen molar-refractivity contribution in [2.75, 3.05) is 36.1 Å². The first-order chi connectivity index (χ1) is 13.7. The number of piperidine rings is 1. The lowest BCUT2D eigenvalue weighted by molar-refractivity contribution is 0.446. The van der Waals surface area contributed by atoms with Gasteiger partial charge >= 0.3 is 0 Å². The third-order valence-electron chi connectivity index (χ3n) is 5.63. The molecule has 0 saturated carbocycles. The standard InChI is InChI=1S/C21H27N7/c1-24-16-5-4-8-28(13-16)20-18-6-2-3-7-19(18)26-21(27-20)25-17-10-14(12-22)9-15(23)11-17/h9-11,16,24H,2-8,13,23H2,1H3,(H,25,26,27). The highest BCUT2D eigenvalue weighted by Gasteiger charge is 2.25. The van der Waals surface area contributed by atoms with Crippen molar-refractivity contribution in [3.63, 3.8) is 0 Å². The molecule has 1 aliphatic heterocycles. The average Bonchev–Trinajstić information content (AvgIpc) is 2.72. The molecule has 1 unspecified atom stereocenters. The van der Waals surface area contributed by atoms with Crippen LogP contribution in [-0.4, -0.2) is 36.1 Å². The molecule has 28 heavy (non-hydrogen) atoms. The first kappa shape index (κ1) is 18.5. The van der Waals surface area contributed by atoms with E-state index in [1.54, 1.807) is 18.2 Å². The second-order valence-corrected chi connectivity index (χ2v) is 7.66. The molecule has 1 aromatic carbocycles. The van der Waals surface area contributed by atoms with Crippen LogP contribution in [0.3, 0.4) is 0 Å². The molecule has 2 heterocycles. The number of aromatic nitrogens is 2. The Morgan fingerprint density at radius 1 is 1.18 bits per heavy atom. The van der Waals surface area contributed by atoms with Crippen LogP contribution in [0, 0.1) is 11.3 Å². The number of nitriles is 1. The Bertz CT molecular complexity index is 902. The number of anilines is 4. The van der Waals surface area contributed by atoms with Gasteiger partial charge in [0.15, 0.2) is 0 Å². The summed E-state index contributed by atoms with van der Waals surface area (Å²) in [6.45, 7) is 1.99. The minimum atomic E-state index is 0.492. The Labute approximate surface area is 166 Å².